The van der Waals surface area contributed by atoms with Gasteiger partial charge in [-0.2, -0.15) is 0 Å². The number of fused-ring (bicyclic) bond motifs is 10. The second-order valence-electron chi connectivity index (χ2n) is 7.57. The summed E-state index contributed by atoms with van der Waals surface area (Å²) < 4.78 is 3.53. The van der Waals surface area contributed by atoms with Gasteiger partial charge in [0.1, 0.15) is 0 Å². The summed E-state index contributed by atoms with van der Waals surface area (Å²) in [6, 6.07) is 0. The Morgan fingerprint density at radius 3 is 1.10 bits per heavy atom. The Kier molecular flexibility index (Phi) is 2.74. The van der Waals surface area contributed by atoms with Gasteiger partial charge in [-0.25, -0.2) is 0 Å². The minimum atomic E-state index is 1.000. The number of hydrogen-bond acceptors (Lipinski definition) is 4. The Hall–Kier alpha value is 1.14. The smallest absolute Gasteiger partial charge is 0.0609 e. The molecule has 0 nitrogen and oxygen atoms in total. The summed E-state index contributed by atoms with van der Waals surface area (Å²) in [5.74, 6) is 4.31. The van der Waals surface area contributed by atoms with Crippen LogP contribution in [0.1, 0.15) is 38.5 Å². The third kappa shape index (κ3) is 1.58. The molecule has 108 valence electrons. The molecule has 6 fully saturated rings. The van der Waals surface area contributed by atoms with Crippen LogP contribution in [0, 0.1) is 23.7 Å². The first-order chi connectivity index (χ1) is 9.87. The average Bonchev–Trinajstić information content (AvgIpc) is 3.22. The normalized spacial score (nSPS) is 58.8. The summed E-state index contributed by atoms with van der Waals surface area (Å²) in [6.45, 7) is 0. The van der Waals surface area contributed by atoms with Crippen molar-refractivity contribution < 1.29 is 0 Å². The van der Waals surface area contributed by atoms with Crippen LogP contribution in [0.15, 0.2) is 8.47 Å². The standard InChI is InChI=1S/C16H20S4/c1-2-8-5-7(1)11-12(8)18-15(17-11)16-19-13-9-3-4-10(6-9)14(13)20-16/h7-14H,1-6H2/t7-,8-,9-,10-,11-,12+,13+,14+/m0/s1. The maximum absolute atomic E-state index is 2.30. The number of thioether (sulfide) groups is 4. The molecule has 0 amide bonds. The van der Waals surface area contributed by atoms with Crippen LogP contribution in [0.2, 0.25) is 0 Å². The molecule has 2 aliphatic heterocycles. The molecule has 4 saturated carbocycles. The summed E-state index contributed by atoms with van der Waals surface area (Å²) in [7, 11) is 0. The lowest BCUT2D eigenvalue weighted by atomic mass is 10.00. The fraction of sp³-hybridized carbons (Fsp3) is 0.875. The summed E-state index contributed by atoms with van der Waals surface area (Å²) in [5, 5.41) is 4.00. The first-order valence-corrected chi connectivity index (χ1v) is 11.8. The van der Waals surface area contributed by atoms with Gasteiger partial charge in [-0.3, -0.25) is 0 Å². The van der Waals surface area contributed by atoms with Crippen LogP contribution in [0.25, 0.3) is 0 Å². The molecule has 8 atom stereocenters. The quantitative estimate of drug-likeness (QED) is 0.578. The van der Waals surface area contributed by atoms with E-state index in [9.17, 15) is 0 Å². The van der Waals surface area contributed by atoms with E-state index >= 15 is 0 Å². The minimum Gasteiger partial charge on any atom is -0.113 e. The zero-order valence-corrected chi connectivity index (χ0v) is 14.8. The van der Waals surface area contributed by atoms with Crippen molar-refractivity contribution >= 4 is 47.0 Å². The lowest BCUT2D eigenvalue weighted by molar-refractivity contribution is 0.508. The molecule has 4 bridgehead atoms. The summed E-state index contributed by atoms with van der Waals surface area (Å²) >= 11 is 9.22. The maximum atomic E-state index is 2.30. The van der Waals surface area contributed by atoms with Crippen LogP contribution in [-0.4, -0.2) is 21.0 Å². The highest BCUT2D eigenvalue weighted by Gasteiger charge is 2.56. The molecule has 0 N–H and O–H groups in total. The van der Waals surface area contributed by atoms with Crippen LogP contribution in [-0.2, 0) is 0 Å². The lowest BCUT2D eigenvalue weighted by Crippen LogP contribution is -2.22. The molecule has 0 unspecified atom stereocenters. The number of hydrogen-bond donors (Lipinski definition) is 0. The van der Waals surface area contributed by atoms with Crippen LogP contribution in [0.4, 0.5) is 0 Å². The van der Waals surface area contributed by atoms with Crippen molar-refractivity contribution in [1.82, 2.24) is 0 Å². The van der Waals surface area contributed by atoms with Gasteiger partial charge < -0.3 is 0 Å². The van der Waals surface area contributed by atoms with E-state index in [0.29, 0.717) is 0 Å². The zero-order valence-electron chi connectivity index (χ0n) is 11.5. The predicted octanol–water partition coefficient (Wildman–Crippen LogP) is 5.41. The molecule has 0 aromatic carbocycles. The molecule has 4 heteroatoms. The molecule has 0 aromatic heterocycles. The maximum Gasteiger partial charge on any atom is 0.0609 e. The van der Waals surface area contributed by atoms with Crippen LogP contribution in [0.5, 0.6) is 0 Å². The summed E-state index contributed by atoms with van der Waals surface area (Å²) in [5.41, 5.74) is 0. The molecule has 20 heavy (non-hydrogen) atoms. The first-order valence-electron chi connectivity index (χ1n) is 8.28. The van der Waals surface area contributed by atoms with E-state index < -0.39 is 0 Å². The van der Waals surface area contributed by atoms with Gasteiger partial charge in [0.15, 0.2) is 0 Å². The van der Waals surface area contributed by atoms with E-state index in [-0.39, 0.29) is 0 Å². The monoisotopic (exact) mass is 340 g/mol. The minimum absolute atomic E-state index is 1.000. The van der Waals surface area contributed by atoms with Crippen molar-refractivity contribution in [2.75, 3.05) is 0 Å². The van der Waals surface area contributed by atoms with Crippen molar-refractivity contribution in [3.8, 4) is 0 Å². The van der Waals surface area contributed by atoms with Crippen molar-refractivity contribution in [3.05, 3.63) is 8.47 Å². The Morgan fingerprint density at radius 1 is 0.500 bits per heavy atom. The highest BCUT2D eigenvalue weighted by molar-refractivity contribution is 8.31. The molecule has 6 aliphatic rings. The van der Waals surface area contributed by atoms with Gasteiger partial charge in [0.05, 0.1) is 8.47 Å². The van der Waals surface area contributed by atoms with E-state index in [1.807, 2.05) is 0 Å². The second-order valence-corrected chi connectivity index (χ2v) is 12.8. The number of rotatable bonds is 0. The molecule has 2 heterocycles. The van der Waals surface area contributed by atoms with E-state index in [0.717, 1.165) is 44.7 Å². The topological polar surface area (TPSA) is 0 Å². The van der Waals surface area contributed by atoms with Crippen molar-refractivity contribution in [2.45, 2.75) is 59.5 Å². The highest BCUT2D eigenvalue weighted by Crippen LogP contribution is 2.69. The van der Waals surface area contributed by atoms with Crippen LogP contribution < -0.4 is 0 Å². The van der Waals surface area contributed by atoms with Gasteiger partial charge in [0, 0.05) is 21.0 Å². The highest BCUT2D eigenvalue weighted by atomic mass is 32.2. The Bertz CT molecular complexity index is 417. The van der Waals surface area contributed by atoms with Crippen molar-refractivity contribution in [1.29, 1.82) is 0 Å². The lowest BCUT2D eigenvalue weighted by Gasteiger charge is -2.21. The van der Waals surface area contributed by atoms with Gasteiger partial charge in [0.25, 0.3) is 0 Å². The molecule has 6 rings (SSSR count). The fourth-order valence-electron chi connectivity index (χ4n) is 5.77. The Balaban J connectivity index is 1.29. The van der Waals surface area contributed by atoms with E-state index in [2.05, 4.69) is 47.0 Å². The van der Waals surface area contributed by atoms with Crippen LogP contribution >= 0.6 is 47.0 Å². The first kappa shape index (κ1) is 12.5. The molecule has 0 aromatic rings. The van der Waals surface area contributed by atoms with Gasteiger partial charge in [0.2, 0.25) is 0 Å². The molecule has 0 radical (unpaired) electrons. The Morgan fingerprint density at radius 2 is 0.800 bits per heavy atom. The van der Waals surface area contributed by atoms with Crippen molar-refractivity contribution in [3.63, 3.8) is 0 Å². The summed E-state index contributed by atoms with van der Waals surface area (Å²) in [6.07, 6.45) is 9.28. The molecular weight excluding hydrogens is 320 g/mol. The summed E-state index contributed by atoms with van der Waals surface area (Å²) in [4.78, 5) is 0. The predicted molar refractivity (Wildman–Crippen MR) is 94.2 cm³/mol. The van der Waals surface area contributed by atoms with E-state index in [1.54, 1.807) is 21.3 Å². The van der Waals surface area contributed by atoms with E-state index in [4.69, 9.17) is 0 Å². The molecule has 2 saturated heterocycles. The van der Waals surface area contributed by atoms with Gasteiger partial charge in [-0.15, -0.1) is 47.0 Å². The third-order valence-electron chi connectivity index (χ3n) is 6.67. The Labute approximate surface area is 138 Å². The zero-order chi connectivity index (χ0) is 12.8. The molecular formula is C16H20S4. The van der Waals surface area contributed by atoms with Gasteiger partial charge >= 0.3 is 0 Å². The third-order valence-corrected chi connectivity index (χ3v) is 14.2. The van der Waals surface area contributed by atoms with Crippen molar-refractivity contribution in [2.24, 2.45) is 23.7 Å². The SMILES string of the molecule is C1C[C@H]2C[C@H]1[C@H]1SC(=C3S[C@@H]4[C@H]5CC[C@@H](C5)[C@@H]4S3)S[C@H]21. The second kappa shape index (κ2) is 4.36. The molecule has 0 spiro atoms. The van der Waals surface area contributed by atoms with E-state index in [1.165, 1.54) is 25.7 Å². The molecule has 4 aliphatic carbocycles. The fourth-order valence-corrected chi connectivity index (χ4v) is 13.9. The van der Waals surface area contributed by atoms with Crippen LogP contribution in [0.3, 0.4) is 0 Å². The van der Waals surface area contributed by atoms with Gasteiger partial charge in [-0.1, -0.05) is 0 Å². The van der Waals surface area contributed by atoms with Gasteiger partial charge in [-0.05, 0) is 62.2 Å². The average molecular weight is 341 g/mol. The largest absolute Gasteiger partial charge is 0.113 e.